The summed E-state index contributed by atoms with van der Waals surface area (Å²) in [5.41, 5.74) is 1.78. The van der Waals surface area contributed by atoms with Gasteiger partial charge >= 0.3 is 0 Å². The zero-order valence-electron chi connectivity index (χ0n) is 13.5. The van der Waals surface area contributed by atoms with Gasteiger partial charge in [-0.05, 0) is 25.3 Å². The van der Waals surface area contributed by atoms with Gasteiger partial charge in [-0.1, -0.05) is 0 Å². The predicted molar refractivity (Wildman–Crippen MR) is 96.9 cm³/mol. The topological polar surface area (TPSA) is 87.2 Å². The van der Waals surface area contributed by atoms with Crippen LogP contribution in [0.2, 0.25) is 0 Å². The summed E-state index contributed by atoms with van der Waals surface area (Å²) in [6.45, 7) is 2.01. The van der Waals surface area contributed by atoms with Gasteiger partial charge in [-0.2, -0.15) is 4.72 Å². The molecular formula is C16H20N4O2S2. The van der Waals surface area contributed by atoms with Crippen LogP contribution in [0.3, 0.4) is 0 Å². The van der Waals surface area contributed by atoms with E-state index in [1.54, 1.807) is 30.8 Å². The van der Waals surface area contributed by atoms with Crippen molar-refractivity contribution in [1.82, 2.24) is 9.97 Å². The lowest BCUT2D eigenvalue weighted by Crippen LogP contribution is -2.30. The highest BCUT2D eigenvalue weighted by Crippen LogP contribution is 2.29. The van der Waals surface area contributed by atoms with Crippen LogP contribution in [-0.4, -0.2) is 38.4 Å². The number of pyridine rings is 2. The number of hydrogen-bond donors (Lipinski definition) is 1. The Labute approximate surface area is 148 Å². The molecule has 1 saturated heterocycles. The average Bonchev–Trinajstić information content (AvgIpc) is 2.63. The molecule has 0 amide bonds. The highest BCUT2D eigenvalue weighted by atomic mass is 32.2. The number of aromatic nitrogens is 2. The van der Waals surface area contributed by atoms with Crippen molar-refractivity contribution >= 4 is 33.9 Å². The highest BCUT2D eigenvalue weighted by molar-refractivity contribution is 7.92. The molecule has 0 spiro atoms. The van der Waals surface area contributed by atoms with Gasteiger partial charge in [-0.3, -0.25) is 4.98 Å². The van der Waals surface area contributed by atoms with Gasteiger partial charge in [0.1, 0.15) is 23.3 Å². The lowest BCUT2D eigenvalue weighted by molar-refractivity contribution is 0.578. The van der Waals surface area contributed by atoms with E-state index in [1.165, 1.54) is 25.5 Å². The summed E-state index contributed by atoms with van der Waals surface area (Å²) in [6.07, 6.45) is 10.1. The molecule has 2 unspecified atom stereocenters. The van der Waals surface area contributed by atoms with E-state index in [4.69, 9.17) is 0 Å². The van der Waals surface area contributed by atoms with E-state index in [0.29, 0.717) is 9.92 Å². The van der Waals surface area contributed by atoms with Crippen molar-refractivity contribution in [2.75, 3.05) is 29.0 Å². The van der Waals surface area contributed by atoms with Crippen molar-refractivity contribution in [2.45, 2.75) is 29.2 Å². The zero-order chi connectivity index (χ0) is 16.9. The van der Waals surface area contributed by atoms with Crippen molar-refractivity contribution in [1.29, 1.82) is 0 Å². The smallest absolute Gasteiger partial charge is 0.244 e. The minimum absolute atomic E-state index is 0.478. The van der Waals surface area contributed by atoms with Gasteiger partial charge in [0.15, 0.2) is 4.90 Å². The number of hydrogen-bond acceptors (Lipinski definition) is 6. The fourth-order valence-corrected chi connectivity index (χ4v) is 3.96. The van der Waals surface area contributed by atoms with E-state index >= 15 is 0 Å². The summed E-state index contributed by atoms with van der Waals surface area (Å²) in [7, 11) is 0. The van der Waals surface area contributed by atoms with E-state index < -0.39 is 22.5 Å². The fourth-order valence-electron chi connectivity index (χ4n) is 2.68. The minimum atomic E-state index is -1.45. The van der Waals surface area contributed by atoms with Crippen LogP contribution in [-0.2, 0) is 22.5 Å². The lowest BCUT2D eigenvalue weighted by Gasteiger charge is -2.30. The van der Waals surface area contributed by atoms with Gasteiger partial charge in [0.25, 0.3) is 0 Å². The first-order valence-electron chi connectivity index (χ1n) is 7.82. The second kappa shape index (κ2) is 8.06. The Bertz CT molecular complexity index is 663. The second-order valence-electron chi connectivity index (χ2n) is 5.60. The molecule has 0 saturated carbocycles. The number of piperidine rings is 1. The Balaban J connectivity index is 1.75. The predicted octanol–water partition coefficient (Wildman–Crippen LogP) is 2.34. The molecule has 2 atom stereocenters. The van der Waals surface area contributed by atoms with E-state index in [1.807, 2.05) is 6.07 Å². The minimum Gasteiger partial charge on any atom is -0.610 e. The van der Waals surface area contributed by atoms with E-state index in [-0.39, 0.29) is 0 Å². The summed E-state index contributed by atoms with van der Waals surface area (Å²) in [6, 6.07) is 5.27. The third-order valence-electron chi connectivity index (χ3n) is 3.92. The van der Waals surface area contributed by atoms with Crippen LogP contribution >= 0.6 is 0 Å². The van der Waals surface area contributed by atoms with Gasteiger partial charge in [-0.25, -0.2) is 4.98 Å². The normalized spacial score (nSPS) is 17.4. The first-order chi connectivity index (χ1) is 11.6. The van der Waals surface area contributed by atoms with E-state index in [0.717, 1.165) is 24.5 Å². The van der Waals surface area contributed by atoms with Crippen molar-refractivity contribution in [3.8, 4) is 0 Å². The summed E-state index contributed by atoms with van der Waals surface area (Å²) >= 11 is -2.59. The van der Waals surface area contributed by atoms with Crippen molar-refractivity contribution < 1.29 is 9.11 Å². The third kappa shape index (κ3) is 4.13. The van der Waals surface area contributed by atoms with Crippen molar-refractivity contribution in [3.05, 3.63) is 36.8 Å². The maximum Gasteiger partial charge on any atom is 0.244 e. The zero-order valence-corrected chi connectivity index (χ0v) is 15.1. The molecule has 8 heteroatoms. The molecule has 1 fully saturated rings. The summed E-state index contributed by atoms with van der Waals surface area (Å²) in [5.74, 6) is 0. The number of rotatable bonds is 5. The van der Waals surface area contributed by atoms with Gasteiger partial charge in [0.05, 0.1) is 18.1 Å². The van der Waals surface area contributed by atoms with Crippen LogP contribution in [0.15, 0.2) is 46.7 Å². The van der Waals surface area contributed by atoms with Crippen LogP contribution in [0.5, 0.6) is 0 Å². The van der Waals surface area contributed by atoms with Gasteiger partial charge in [0, 0.05) is 42.6 Å². The maximum atomic E-state index is 12.6. The second-order valence-corrected chi connectivity index (χ2v) is 8.14. The van der Waals surface area contributed by atoms with Gasteiger partial charge < -0.3 is 14.0 Å². The van der Waals surface area contributed by atoms with Crippen LogP contribution in [0.4, 0.5) is 11.4 Å². The Kier molecular flexibility index (Phi) is 5.83. The molecule has 2 aromatic heterocycles. The van der Waals surface area contributed by atoms with Crippen LogP contribution < -0.4 is 9.62 Å². The molecule has 2 aromatic rings. The quantitative estimate of drug-likeness (QED) is 0.820. The molecule has 1 aliphatic heterocycles. The molecule has 6 nitrogen and oxygen atoms in total. The Morgan fingerprint density at radius 1 is 1.08 bits per heavy atom. The summed E-state index contributed by atoms with van der Waals surface area (Å²) in [4.78, 5) is 11.1. The largest absolute Gasteiger partial charge is 0.610 e. The monoisotopic (exact) mass is 364 g/mol. The average molecular weight is 364 g/mol. The van der Waals surface area contributed by atoms with Crippen LogP contribution in [0, 0.1) is 0 Å². The van der Waals surface area contributed by atoms with E-state index in [2.05, 4.69) is 19.6 Å². The first-order valence-corrected chi connectivity index (χ1v) is 10.5. The van der Waals surface area contributed by atoms with Gasteiger partial charge in [-0.15, -0.1) is 0 Å². The SMILES string of the molecule is C[S+]([O-])c1ccc([S+]([O-])Nc2cnccc2N2CCCCC2)cn1. The van der Waals surface area contributed by atoms with Crippen molar-refractivity contribution in [2.24, 2.45) is 0 Å². The first kappa shape index (κ1) is 17.3. The molecule has 3 rings (SSSR count). The summed E-state index contributed by atoms with van der Waals surface area (Å²) < 4.78 is 27.0. The highest BCUT2D eigenvalue weighted by Gasteiger charge is 2.20. The molecule has 0 aromatic carbocycles. The maximum absolute atomic E-state index is 12.6. The lowest BCUT2D eigenvalue weighted by atomic mass is 10.1. The molecule has 0 radical (unpaired) electrons. The fraction of sp³-hybridized carbons (Fsp3) is 0.375. The molecule has 128 valence electrons. The van der Waals surface area contributed by atoms with E-state index in [9.17, 15) is 9.11 Å². The third-order valence-corrected chi connectivity index (χ3v) is 5.82. The Morgan fingerprint density at radius 3 is 2.54 bits per heavy atom. The summed E-state index contributed by atoms with van der Waals surface area (Å²) in [5, 5.41) is 0.478. The van der Waals surface area contributed by atoms with Gasteiger partial charge in [0.2, 0.25) is 5.03 Å². The molecule has 24 heavy (non-hydrogen) atoms. The molecular weight excluding hydrogens is 344 g/mol. The Hall–Kier alpha value is -1.48. The standard InChI is InChI=1S/C16H20N4O2S2/c1-23(21)16-6-5-13(11-18-16)24(22)19-14-12-17-8-7-15(14)20-9-3-2-4-10-20/h5-8,11-12,19H,2-4,9-10H2,1H3. The molecule has 0 bridgehead atoms. The number of nitrogens with zero attached hydrogens (tertiary/aromatic N) is 3. The molecule has 3 heterocycles. The van der Waals surface area contributed by atoms with Crippen molar-refractivity contribution in [3.63, 3.8) is 0 Å². The number of nitrogens with one attached hydrogen (secondary N) is 1. The molecule has 1 aliphatic rings. The van der Waals surface area contributed by atoms with Crippen LogP contribution in [0.1, 0.15) is 19.3 Å². The molecule has 0 aliphatic carbocycles. The molecule has 1 N–H and O–H groups in total. The Morgan fingerprint density at radius 2 is 1.88 bits per heavy atom. The number of anilines is 2. The van der Waals surface area contributed by atoms with Crippen LogP contribution in [0.25, 0.3) is 0 Å².